The molecule has 0 spiro atoms. The van der Waals surface area contributed by atoms with Crippen LogP contribution in [0.15, 0.2) is 42.5 Å². The van der Waals surface area contributed by atoms with Gasteiger partial charge in [-0.2, -0.15) is 0 Å². The zero-order chi connectivity index (χ0) is 21.6. The topological polar surface area (TPSA) is 49.4 Å². The number of benzene rings is 2. The van der Waals surface area contributed by atoms with E-state index in [1.807, 2.05) is 51.1 Å². The molecule has 6 heteroatoms. The van der Waals surface area contributed by atoms with Crippen LogP contribution in [0.1, 0.15) is 43.9 Å². The van der Waals surface area contributed by atoms with E-state index in [9.17, 15) is 9.59 Å². The van der Waals surface area contributed by atoms with Crippen LogP contribution in [-0.4, -0.2) is 28.8 Å². The molecule has 2 atom stereocenters. The Morgan fingerprint density at radius 2 is 1.62 bits per heavy atom. The summed E-state index contributed by atoms with van der Waals surface area (Å²) in [4.78, 5) is 27.5. The van der Waals surface area contributed by atoms with E-state index in [1.165, 1.54) is 0 Å². The maximum atomic E-state index is 13.1. The molecule has 1 N–H and O–H groups in total. The Balaban J connectivity index is 2.25. The van der Waals surface area contributed by atoms with Gasteiger partial charge >= 0.3 is 0 Å². The van der Waals surface area contributed by atoms with Crippen molar-refractivity contribution in [1.82, 2.24) is 10.2 Å². The Bertz CT molecular complexity index is 852. The summed E-state index contributed by atoms with van der Waals surface area (Å²) in [5, 5.41) is 3.84. The van der Waals surface area contributed by atoms with Gasteiger partial charge in [0.25, 0.3) is 0 Å². The molecule has 0 saturated carbocycles. The predicted octanol–water partition coefficient (Wildman–Crippen LogP) is 5.18. The van der Waals surface area contributed by atoms with E-state index in [4.69, 9.17) is 23.2 Å². The number of rotatable bonds is 8. The second-order valence-electron chi connectivity index (χ2n) is 7.43. The maximum Gasteiger partial charge on any atom is 0.242 e. The molecule has 2 aromatic rings. The van der Waals surface area contributed by atoms with Gasteiger partial charge in [0.2, 0.25) is 11.8 Å². The Kier molecular flexibility index (Phi) is 8.54. The van der Waals surface area contributed by atoms with Crippen molar-refractivity contribution < 1.29 is 9.59 Å². The third-order valence-corrected chi connectivity index (χ3v) is 5.72. The van der Waals surface area contributed by atoms with Crippen LogP contribution in [0, 0.1) is 6.92 Å². The summed E-state index contributed by atoms with van der Waals surface area (Å²) in [6.07, 6.45) is 1.05. The number of nitrogens with one attached hydrogen (secondary N) is 1. The minimum atomic E-state index is -0.614. The minimum absolute atomic E-state index is 0.0453. The highest BCUT2D eigenvalue weighted by Gasteiger charge is 2.27. The van der Waals surface area contributed by atoms with Crippen LogP contribution in [-0.2, 0) is 22.6 Å². The first-order chi connectivity index (χ1) is 13.7. The molecular formula is C23H28Cl2N2O2. The minimum Gasteiger partial charge on any atom is -0.352 e. The van der Waals surface area contributed by atoms with Gasteiger partial charge in [0.1, 0.15) is 6.04 Å². The van der Waals surface area contributed by atoms with Crippen LogP contribution < -0.4 is 5.32 Å². The highest BCUT2D eigenvalue weighted by atomic mass is 35.5. The van der Waals surface area contributed by atoms with Crippen molar-refractivity contribution in [3.05, 3.63) is 69.2 Å². The van der Waals surface area contributed by atoms with Crippen molar-refractivity contribution in [1.29, 1.82) is 0 Å². The summed E-state index contributed by atoms with van der Waals surface area (Å²) >= 11 is 12.1. The van der Waals surface area contributed by atoms with Crippen molar-refractivity contribution >= 4 is 35.0 Å². The maximum absolute atomic E-state index is 13.1. The van der Waals surface area contributed by atoms with E-state index >= 15 is 0 Å². The molecule has 0 aliphatic heterocycles. The van der Waals surface area contributed by atoms with Crippen LogP contribution in [0.4, 0.5) is 0 Å². The van der Waals surface area contributed by atoms with E-state index in [2.05, 4.69) is 5.32 Å². The molecule has 0 fully saturated rings. The lowest BCUT2D eigenvalue weighted by Gasteiger charge is -2.30. The van der Waals surface area contributed by atoms with Gasteiger partial charge < -0.3 is 10.2 Å². The number of aryl methyl sites for hydroxylation is 1. The first kappa shape index (κ1) is 23.2. The molecular weight excluding hydrogens is 407 g/mol. The Morgan fingerprint density at radius 3 is 2.21 bits per heavy atom. The van der Waals surface area contributed by atoms with Crippen LogP contribution in [0.3, 0.4) is 0 Å². The van der Waals surface area contributed by atoms with Gasteiger partial charge in [0.15, 0.2) is 0 Å². The van der Waals surface area contributed by atoms with E-state index in [1.54, 1.807) is 24.0 Å². The van der Waals surface area contributed by atoms with Crippen molar-refractivity contribution in [3.8, 4) is 0 Å². The fraction of sp³-hybridized carbons (Fsp3) is 0.391. The van der Waals surface area contributed by atoms with Crippen LogP contribution in [0.5, 0.6) is 0 Å². The number of nitrogens with zero attached hydrogens (tertiary/aromatic N) is 1. The Morgan fingerprint density at radius 1 is 1.00 bits per heavy atom. The first-order valence-electron chi connectivity index (χ1n) is 9.80. The van der Waals surface area contributed by atoms with Gasteiger partial charge in [-0.25, -0.2) is 0 Å². The molecule has 0 aliphatic rings. The fourth-order valence-electron chi connectivity index (χ4n) is 2.86. The molecule has 2 aromatic carbocycles. The first-order valence-corrected chi connectivity index (χ1v) is 10.6. The number of carbonyl (C=O) groups is 2. The van der Waals surface area contributed by atoms with Crippen molar-refractivity contribution in [3.63, 3.8) is 0 Å². The second kappa shape index (κ2) is 10.7. The second-order valence-corrected chi connectivity index (χ2v) is 8.24. The molecule has 2 rings (SSSR count). The van der Waals surface area contributed by atoms with Gasteiger partial charge in [-0.3, -0.25) is 9.59 Å². The van der Waals surface area contributed by atoms with Crippen LogP contribution in [0.2, 0.25) is 10.0 Å². The van der Waals surface area contributed by atoms with Gasteiger partial charge in [-0.05, 0) is 50.5 Å². The van der Waals surface area contributed by atoms with Crippen molar-refractivity contribution in [2.24, 2.45) is 0 Å². The summed E-state index contributed by atoms with van der Waals surface area (Å²) < 4.78 is 0. The average molecular weight is 435 g/mol. The number of halogens is 2. The summed E-state index contributed by atoms with van der Waals surface area (Å²) in [5.74, 6) is -0.289. The number of hydrogen-bond acceptors (Lipinski definition) is 2. The normalized spacial score (nSPS) is 12.9. The van der Waals surface area contributed by atoms with E-state index in [0.29, 0.717) is 10.0 Å². The third kappa shape index (κ3) is 6.76. The molecule has 0 aliphatic carbocycles. The van der Waals surface area contributed by atoms with E-state index in [0.717, 1.165) is 23.1 Å². The van der Waals surface area contributed by atoms with Gasteiger partial charge in [-0.1, -0.05) is 66.0 Å². The highest BCUT2D eigenvalue weighted by Crippen LogP contribution is 2.24. The van der Waals surface area contributed by atoms with Crippen molar-refractivity contribution in [2.45, 2.75) is 59.2 Å². The Labute approximate surface area is 183 Å². The Hall–Kier alpha value is -2.04. The molecule has 156 valence electrons. The number of hydrogen-bond donors (Lipinski definition) is 1. The number of carbonyl (C=O) groups excluding carboxylic acids is 2. The van der Waals surface area contributed by atoms with E-state index in [-0.39, 0.29) is 30.8 Å². The lowest BCUT2D eigenvalue weighted by Crippen LogP contribution is -2.49. The molecule has 4 nitrogen and oxygen atoms in total. The molecule has 0 unspecified atom stereocenters. The third-order valence-electron chi connectivity index (χ3n) is 4.98. The van der Waals surface area contributed by atoms with Crippen LogP contribution in [0.25, 0.3) is 0 Å². The standard InChI is InChI=1S/C23H28Cl2N2O2/c1-5-16(3)26-23(29)17(4)27(14-19-10-11-20(24)21(25)12-19)22(28)13-18-8-6-15(2)7-9-18/h6-12,16-17H,5,13-14H2,1-4H3,(H,26,29)/t16-,17-/m1/s1. The number of amides is 2. The molecule has 0 radical (unpaired) electrons. The molecule has 0 bridgehead atoms. The highest BCUT2D eigenvalue weighted by molar-refractivity contribution is 6.42. The molecule has 2 amide bonds. The lowest BCUT2D eigenvalue weighted by atomic mass is 10.1. The SMILES string of the molecule is CC[C@@H](C)NC(=O)[C@@H](C)N(Cc1ccc(Cl)c(Cl)c1)C(=O)Cc1ccc(C)cc1. The predicted molar refractivity (Wildman–Crippen MR) is 119 cm³/mol. The quantitative estimate of drug-likeness (QED) is 0.622. The van der Waals surface area contributed by atoms with E-state index < -0.39 is 6.04 Å². The average Bonchev–Trinajstić information content (AvgIpc) is 2.69. The smallest absolute Gasteiger partial charge is 0.242 e. The van der Waals surface area contributed by atoms with Gasteiger partial charge in [-0.15, -0.1) is 0 Å². The molecule has 0 saturated heterocycles. The van der Waals surface area contributed by atoms with Gasteiger partial charge in [0, 0.05) is 12.6 Å². The largest absolute Gasteiger partial charge is 0.352 e. The zero-order valence-electron chi connectivity index (χ0n) is 17.3. The molecule has 0 heterocycles. The van der Waals surface area contributed by atoms with Crippen molar-refractivity contribution in [2.75, 3.05) is 0 Å². The summed E-state index contributed by atoms with van der Waals surface area (Å²) in [7, 11) is 0. The monoisotopic (exact) mass is 434 g/mol. The summed E-state index contributed by atoms with van der Waals surface area (Å²) in [6, 6.07) is 12.5. The van der Waals surface area contributed by atoms with Gasteiger partial charge in [0.05, 0.1) is 16.5 Å². The summed E-state index contributed by atoms with van der Waals surface area (Å²) in [6.45, 7) is 7.98. The fourth-order valence-corrected chi connectivity index (χ4v) is 3.19. The zero-order valence-corrected chi connectivity index (χ0v) is 18.8. The van der Waals surface area contributed by atoms with Crippen LogP contribution >= 0.6 is 23.2 Å². The molecule has 0 aromatic heterocycles. The lowest BCUT2D eigenvalue weighted by molar-refractivity contribution is -0.140. The summed E-state index contributed by atoms with van der Waals surface area (Å²) in [5.41, 5.74) is 2.87. The molecule has 29 heavy (non-hydrogen) atoms.